The molecule has 5 heteroatoms. The molecular formula is C12H17ClN2OS. The Bertz CT molecular complexity index is 377. The predicted molar refractivity (Wildman–Crippen MR) is 71.6 cm³/mol. The van der Waals surface area contributed by atoms with Gasteiger partial charge in [-0.15, -0.1) is 0 Å². The molecule has 1 aromatic heterocycles. The molecule has 0 bridgehead atoms. The maximum Gasteiger partial charge on any atom is 0.129 e. The first-order chi connectivity index (χ1) is 8.24. The molecule has 0 amide bonds. The Morgan fingerprint density at radius 1 is 1.41 bits per heavy atom. The quantitative estimate of drug-likeness (QED) is 0.853. The highest BCUT2D eigenvalue weighted by atomic mass is 35.5. The van der Waals surface area contributed by atoms with Gasteiger partial charge in [0.05, 0.1) is 5.75 Å². The Hall–Kier alpha value is -0.450. The van der Waals surface area contributed by atoms with Gasteiger partial charge in [-0.25, -0.2) is 4.98 Å². The Morgan fingerprint density at radius 2 is 2.18 bits per heavy atom. The van der Waals surface area contributed by atoms with E-state index in [4.69, 9.17) is 11.6 Å². The molecule has 1 fully saturated rings. The van der Waals surface area contributed by atoms with Crippen molar-refractivity contribution in [3.63, 3.8) is 0 Å². The lowest BCUT2D eigenvalue weighted by Crippen LogP contribution is -2.30. The summed E-state index contributed by atoms with van der Waals surface area (Å²) in [6.07, 6.45) is 4.00. The number of nitrogens with one attached hydrogen (secondary N) is 1. The lowest BCUT2D eigenvalue weighted by Gasteiger charge is -2.21. The smallest absolute Gasteiger partial charge is 0.129 e. The number of hydrogen-bond donors (Lipinski definition) is 1. The van der Waals surface area contributed by atoms with Crippen LogP contribution in [0.4, 0.5) is 0 Å². The Balaban J connectivity index is 1.82. The van der Waals surface area contributed by atoms with Crippen molar-refractivity contribution in [2.75, 3.05) is 18.8 Å². The highest BCUT2D eigenvalue weighted by molar-refractivity contribution is 7.84. The van der Waals surface area contributed by atoms with Crippen molar-refractivity contribution in [3.05, 3.63) is 29.0 Å². The number of hydrogen-bond acceptors (Lipinski definition) is 3. The van der Waals surface area contributed by atoms with Crippen LogP contribution in [0.2, 0.25) is 5.15 Å². The zero-order valence-corrected chi connectivity index (χ0v) is 11.3. The monoisotopic (exact) mass is 272 g/mol. The molecule has 0 spiro atoms. The summed E-state index contributed by atoms with van der Waals surface area (Å²) in [4.78, 5) is 4.00. The summed E-state index contributed by atoms with van der Waals surface area (Å²) >= 11 is 5.71. The second-order valence-electron chi connectivity index (χ2n) is 4.43. The van der Waals surface area contributed by atoms with Gasteiger partial charge in [-0.3, -0.25) is 4.21 Å². The zero-order chi connectivity index (χ0) is 12.1. The topological polar surface area (TPSA) is 42.0 Å². The first-order valence-corrected chi connectivity index (χ1v) is 7.77. The van der Waals surface area contributed by atoms with E-state index >= 15 is 0 Å². The molecule has 3 nitrogen and oxygen atoms in total. The SMILES string of the molecule is O=S(Cc1ccc(Cl)nc1)CC1CCNCC1. The van der Waals surface area contributed by atoms with E-state index in [1.165, 1.54) is 0 Å². The number of nitrogens with zero attached hydrogens (tertiary/aromatic N) is 1. The van der Waals surface area contributed by atoms with Crippen LogP contribution in [0.1, 0.15) is 18.4 Å². The lowest BCUT2D eigenvalue weighted by atomic mass is 10.0. The van der Waals surface area contributed by atoms with Gasteiger partial charge in [-0.05, 0) is 43.5 Å². The summed E-state index contributed by atoms with van der Waals surface area (Å²) in [5, 5.41) is 3.80. The molecular weight excluding hydrogens is 256 g/mol. The summed E-state index contributed by atoms with van der Waals surface area (Å²) in [6, 6.07) is 3.65. The predicted octanol–water partition coefficient (Wildman–Crippen LogP) is 1.98. The van der Waals surface area contributed by atoms with Crippen LogP contribution in [-0.4, -0.2) is 28.0 Å². The molecule has 1 atom stereocenters. The van der Waals surface area contributed by atoms with E-state index in [1.807, 2.05) is 6.07 Å². The third-order valence-corrected chi connectivity index (χ3v) is 4.72. The fraction of sp³-hybridized carbons (Fsp3) is 0.583. The summed E-state index contributed by atoms with van der Waals surface area (Å²) in [5.74, 6) is 2.01. The van der Waals surface area contributed by atoms with Crippen LogP contribution in [0.3, 0.4) is 0 Å². The molecule has 2 rings (SSSR count). The van der Waals surface area contributed by atoms with Crippen molar-refractivity contribution >= 4 is 22.4 Å². The van der Waals surface area contributed by atoms with Gasteiger partial charge in [-0.2, -0.15) is 0 Å². The molecule has 1 aliphatic rings. The van der Waals surface area contributed by atoms with E-state index in [0.29, 0.717) is 16.8 Å². The summed E-state index contributed by atoms with van der Waals surface area (Å²) in [7, 11) is -0.786. The molecule has 1 N–H and O–H groups in total. The van der Waals surface area contributed by atoms with E-state index in [0.717, 1.165) is 37.2 Å². The van der Waals surface area contributed by atoms with E-state index in [9.17, 15) is 4.21 Å². The van der Waals surface area contributed by atoms with Gasteiger partial charge >= 0.3 is 0 Å². The molecule has 1 aliphatic heterocycles. The van der Waals surface area contributed by atoms with Crippen molar-refractivity contribution in [2.24, 2.45) is 5.92 Å². The zero-order valence-electron chi connectivity index (χ0n) is 9.69. The van der Waals surface area contributed by atoms with Crippen molar-refractivity contribution in [3.8, 4) is 0 Å². The largest absolute Gasteiger partial charge is 0.317 e. The van der Waals surface area contributed by atoms with Crippen LogP contribution < -0.4 is 5.32 Å². The molecule has 0 aliphatic carbocycles. The van der Waals surface area contributed by atoms with Crippen molar-refractivity contribution in [1.29, 1.82) is 0 Å². The highest BCUT2D eigenvalue weighted by Gasteiger charge is 2.16. The summed E-state index contributed by atoms with van der Waals surface area (Å²) < 4.78 is 12.0. The van der Waals surface area contributed by atoms with E-state index in [1.54, 1.807) is 12.3 Å². The first kappa shape index (κ1) is 13.0. The Morgan fingerprint density at radius 3 is 2.82 bits per heavy atom. The third kappa shape index (κ3) is 4.37. The van der Waals surface area contributed by atoms with E-state index < -0.39 is 10.8 Å². The van der Waals surface area contributed by atoms with Crippen molar-refractivity contribution in [1.82, 2.24) is 10.3 Å². The molecule has 17 heavy (non-hydrogen) atoms. The second-order valence-corrected chi connectivity index (χ2v) is 6.32. The third-order valence-electron chi connectivity index (χ3n) is 3.00. The highest BCUT2D eigenvalue weighted by Crippen LogP contribution is 2.15. The minimum Gasteiger partial charge on any atom is -0.317 e. The maximum atomic E-state index is 12.0. The van der Waals surface area contributed by atoms with Crippen LogP contribution in [0.15, 0.2) is 18.3 Å². The van der Waals surface area contributed by atoms with Crippen molar-refractivity contribution in [2.45, 2.75) is 18.6 Å². The molecule has 1 saturated heterocycles. The van der Waals surface area contributed by atoms with Gasteiger partial charge < -0.3 is 5.32 Å². The lowest BCUT2D eigenvalue weighted by molar-refractivity contribution is 0.405. The van der Waals surface area contributed by atoms with Crippen LogP contribution in [-0.2, 0) is 16.6 Å². The minimum absolute atomic E-state index is 0.484. The summed E-state index contributed by atoms with van der Waals surface area (Å²) in [6.45, 7) is 2.12. The molecule has 0 radical (unpaired) electrons. The van der Waals surface area contributed by atoms with Gasteiger partial charge in [-0.1, -0.05) is 17.7 Å². The van der Waals surface area contributed by atoms with Crippen LogP contribution in [0.5, 0.6) is 0 Å². The van der Waals surface area contributed by atoms with Crippen LogP contribution in [0, 0.1) is 5.92 Å². The van der Waals surface area contributed by atoms with Gasteiger partial charge in [0.25, 0.3) is 0 Å². The fourth-order valence-corrected chi connectivity index (χ4v) is 3.68. The Labute approximate surface area is 109 Å². The van der Waals surface area contributed by atoms with Gasteiger partial charge in [0.2, 0.25) is 0 Å². The van der Waals surface area contributed by atoms with Gasteiger partial charge in [0.15, 0.2) is 0 Å². The number of rotatable bonds is 4. The normalized spacial score (nSPS) is 19.1. The Kier molecular flexibility index (Phi) is 4.95. The molecule has 1 unspecified atom stereocenters. The number of pyridine rings is 1. The average Bonchev–Trinajstić information content (AvgIpc) is 2.33. The number of aromatic nitrogens is 1. The molecule has 0 aromatic carbocycles. The standard InChI is InChI=1S/C12H17ClN2OS/c13-12-2-1-11(7-15-12)9-17(16)8-10-3-5-14-6-4-10/h1-2,7,10,14H,3-6,8-9H2. The second kappa shape index (κ2) is 6.47. The van der Waals surface area contributed by atoms with Crippen molar-refractivity contribution < 1.29 is 4.21 Å². The summed E-state index contributed by atoms with van der Waals surface area (Å²) in [5.41, 5.74) is 1.00. The molecule has 2 heterocycles. The minimum atomic E-state index is -0.786. The molecule has 94 valence electrons. The van der Waals surface area contributed by atoms with E-state index in [2.05, 4.69) is 10.3 Å². The number of halogens is 1. The van der Waals surface area contributed by atoms with Crippen LogP contribution >= 0.6 is 11.6 Å². The molecule has 0 saturated carbocycles. The molecule has 1 aromatic rings. The van der Waals surface area contributed by atoms with E-state index in [-0.39, 0.29) is 0 Å². The van der Waals surface area contributed by atoms with Gasteiger partial charge in [0.1, 0.15) is 5.15 Å². The maximum absolute atomic E-state index is 12.0. The van der Waals surface area contributed by atoms with Gasteiger partial charge in [0, 0.05) is 22.7 Å². The number of piperidine rings is 1. The van der Waals surface area contributed by atoms with Crippen LogP contribution in [0.25, 0.3) is 0 Å². The fourth-order valence-electron chi connectivity index (χ4n) is 2.05. The first-order valence-electron chi connectivity index (χ1n) is 5.90. The average molecular weight is 273 g/mol.